The van der Waals surface area contributed by atoms with E-state index < -0.39 is 29.3 Å². The Morgan fingerprint density at radius 3 is 2.19 bits per heavy atom. The summed E-state index contributed by atoms with van der Waals surface area (Å²) in [4.78, 5) is 22.4. The number of nitriles is 1. The number of alkyl halides is 3. The van der Waals surface area contributed by atoms with E-state index in [1.807, 2.05) is 0 Å². The van der Waals surface area contributed by atoms with Gasteiger partial charge in [-0.2, -0.15) is 18.4 Å². The maximum atomic E-state index is 12.5. The maximum Gasteiger partial charge on any atom is 0.401 e. The van der Waals surface area contributed by atoms with E-state index in [0.29, 0.717) is 0 Å². The van der Waals surface area contributed by atoms with Gasteiger partial charge in [0.05, 0.1) is 13.2 Å². The monoisotopic (exact) mass is 235 g/mol. The average molecular weight is 235 g/mol. The van der Waals surface area contributed by atoms with Crippen molar-refractivity contribution in [2.75, 3.05) is 7.11 Å². The highest BCUT2D eigenvalue weighted by molar-refractivity contribution is 6.06. The summed E-state index contributed by atoms with van der Waals surface area (Å²) in [7, 11) is 0.910. The number of methoxy groups -OCH3 is 1. The molecule has 16 heavy (non-hydrogen) atoms. The topological polar surface area (TPSA) is 67.2 Å². The van der Waals surface area contributed by atoms with Crippen LogP contribution in [0, 0.1) is 22.7 Å². The van der Waals surface area contributed by atoms with E-state index in [0.717, 1.165) is 7.11 Å². The lowest BCUT2D eigenvalue weighted by Gasteiger charge is -2.19. The number of hydrogen-bond acceptors (Lipinski definition) is 4. The van der Waals surface area contributed by atoms with Crippen LogP contribution in [0.3, 0.4) is 0 Å². The molecule has 0 aromatic heterocycles. The molecule has 0 spiro atoms. The van der Waals surface area contributed by atoms with Gasteiger partial charge in [-0.3, -0.25) is 9.59 Å². The van der Waals surface area contributed by atoms with E-state index >= 15 is 0 Å². The molecular weight excluding hydrogens is 227 g/mol. The molecule has 1 aliphatic carbocycles. The molecule has 7 heteroatoms. The molecule has 0 heterocycles. The van der Waals surface area contributed by atoms with E-state index in [2.05, 4.69) is 4.74 Å². The number of ether oxygens (including phenoxy) is 1. The minimum Gasteiger partial charge on any atom is -0.468 e. The van der Waals surface area contributed by atoms with Crippen LogP contribution < -0.4 is 0 Å². The molecule has 1 unspecified atom stereocenters. The second-order valence-electron chi connectivity index (χ2n) is 3.53. The first kappa shape index (κ1) is 12.5. The van der Waals surface area contributed by atoms with Gasteiger partial charge in [0.15, 0.2) is 5.78 Å². The molecule has 0 aliphatic heterocycles. The van der Waals surface area contributed by atoms with Crippen LogP contribution in [0.25, 0.3) is 0 Å². The number of carbonyl (C=O) groups excluding carboxylic acids is 2. The Kier molecular flexibility index (Phi) is 2.95. The van der Waals surface area contributed by atoms with E-state index in [4.69, 9.17) is 5.26 Å². The van der Waals surface area contributed by atoms with E-state index in [1.165, 1.54) is 6.07 Å². The number of carbonyl (C=O) groups is 2. The van der Waals surface area contributed by atoms with Gasteiger partial charge in [-0.1, -0.05) is 0 Å². The summed E-state index contributed by atoms with van der Waals surface area (Å²) >= 11 is 0. The second kappa shape index (κ2) is 3.77. The Morgan fingerprint density at radius 2 is 1.94 bits per heavy atom. The van der Waals surface area contributed by atoms with Crippen LogP contribution in [-0.2, 0) is 14.3 Å². The summed E-state index contributed by atoms with van der Waals surface area (Å²) in [5, 5.41) is 8.52. The van der Waals surface area contributed by atoms with Crippen molar-refractivity contribution in [1.29, 1.82) is 5.26 Å². The van der Waals surface area contributed by atoms with Crippen molar-refractivity contribution in [3.63, 3.8) is 0 Å². The van der Waals surface area contributed by atoms with Crippen molar-refractivity contribution in [2.45, 2.75) is 19.0 Å². The Balaban J connectivity index is 2.95. The summed E-state index contributed by atoms with van der Waals surface area (Å²) in [6, 6.07) is 1.25. The Labute approximate surface area is 89.0 Å². The van der Waals surface area contributed by atoms with Gasteiger partial charge in [0.25, 0.3) is 0 Å². The average Bonchev–Trinajstić information content (AvgIpc) is 2.97. The number of nitrogens with zero attached hydrogens (tertiary/aromatic N) is 1. The molecule has 4 nitrogen and oxygen atoms in total. The van der Waals surface area contributed by atoms with Gasteiger partial charge in [-0.25, -0.2) is 0 Å². The van der Waals surface area contributed by atoms with Crippen LogP contribution in [0.4, 0.5) is 13.2 Å². The number of Topliss-reactive ketones (excluding diaryl/α,β-unsaturated/α-hetero) is 1. The summed E-state index contributed by atoms with van der Waals surface area (Å²) in [6.07, 6.45) is -5.46. The van der Waals surface area contributed by atoms with Gasteiger partial charge in [0, 0.05) is 0 Å². The number of rotatable bonds is 3. The summed E-state index contributed by atoms with van der Waals surface area (Å²) in [6.45, 7) is 0. The molecule has 0 amide bonds. The highest BCUT2D eigenvalue weighted by Gasteiger charge is 2.69. The molecule has 1 saturated carbocycles. The number of halogens is 3. The molecule has 0 aromatic carbocycles. The highest BCUT2D eigenvalue weighted by atomic mass is 19.4. The van der Waals surface area contributed by atoms with Crippen molar-refractivity contribution in [3.05, 3.63) is 0 Å². The predicted octanol–water partition coefficient (Wildman–Crippen LogP) is 1.21. The fourth-order valence-electron chi connectivity index (χ4n) is 1.41. The van der Waals surface area contributed by atoms with Gasteiger partial charge in [-0.05, 0) is 12.8 Å². The molecule has 0 saturated heterocycles. The Hall–Kier alpha value is -1.58. The number of esters is 1. The minimum absolute atomic E-state index is 0.371. The van der Waals surface area contributed by atoms with Crippen molar-refractivity contribution in [2.24, 2.45) is 11.3 Å². The lowest BCUT2D eigenvalue weighted by molar-refractivity contribution is -0.193. The lowest BCUT2D eigenvalue weighted by Crippen LogP contribution is -2.39. The third-order valence-electron chi connectivity index (χ3n) is 2.59. The number of ketones is 1. The smallest absolute Gasteiger partial charge is 0.401 e. The fourth-order valence-corrected chi connectivity index (χ4v) is 1.41. The van der Waals surface area contributed by atoms with Gasteiger partial charge >= 0.3 is 12.1 Å². The number of hydrogen-bond donors (Lipinski definition) is 0. The standard InChI is InChI=1S/C9H8F3NO3/c1-16-7(15)5(4-13)6(14)8(2-3-8)9(10,11)12/h5H,2-3H2,1H3. The molecule has 1 atom stereocenters. The third-order valence-corrected chi connectivity index (χ3v) is 2.59. The molecule has 0 radical (unpaired) electrons. The van der Waals surface area contributed by atoms with Gasteiger partial charge in [-0.15, -0.1) is 0 Å². The Bertz CT molecular complexity index is 365. The van der Waals surface area contributed by atoms with E-state index in [-0.39, 0.29) is 12.8 Å². The molecule has 1 fully saturated rings. The quantitative estimate of drug-likeness (QED) is 0.544. The van der Waals surface area contributed by atoms with Crippen LogP contribution in [0.15, 0.2) is 0 Å². The van der Waals surface area contributed by atoms with Gasteiger partial charge in [0.1, 0.15) is 5.41 Å². The Morgan fingerprint density at radius 1 is 1.44 bits per heavy atom. The molecule has 88 valence electrons. The normalized spacial score (nSPS) is 19.4. The molecule has 1 aliphatic rings. The van der Waals surface area contributed by atoms with Crippen molar-refractivity contribution in [3.8, 4) is 6.07 Å². The molecule has 0 bridgehead atoms. The zero-order valence-corrected chi connectivity index (χ0v) is 8.30. The van der Waals surface area contributed by atoms with E-state index in [9.17, 15) is 22.8 Å². The first-order valence-corrected chi connectivity index (χ1v) is 4.38. The van der Waals surface area contributed by atoms with Crippen LogP contribution in [0.2, 0.25) is 0 Å². The maximum absolute atomic E-state index is 12.5. The van der Waals surface area contributed by atoms with Gasteiger partial charge in [0.2, 0.25) is 5.92 Å². The van der Waals surface area contributed by atoms with Crippen LogP contribution in [0.5, 0.6) is 0 Å². The van der Waals surface area contributed by atoms with E-state index in [1.54, 1.807) is 0 Å². The third kappa shape index (κ3) is 1.75. The molecule has 0 N–H and O–H groups in total. The lowest BCUT2D eigenvalue weighted by atomic mass is 9.90. The zero-order chi connectivity index (χ0) is 12.6. The van der Waals surface area contributed by atoms with Crippen LogP contribution in [0.1, 0.15) is 12.8 Å². The SMILES string of the molecule is COC(=O)C(C#N)C(=O)C1(C(F)(F)F)CC1. The fraction of sp³-hybridized carbons (Fsp3) is 0.667. The summed E-state index contributed by atoms with van der Waals surface area (Å²) in [5.74, 6) is -4.65. The van der Waals surface area contributed by atoms with Crippen molar-refractivity contribution >= 4 is 11.8 Å². The largest absolute Gasteiger partial charge is 0.468 e. The molecular formula is C9H8F3NO3. The van der Waals surface area contributed by atoms with Crippen molar-refractivity contribution < 1.29 is 27.5 Å². The summed E-state index contributed by atoms with van der Waals surface area (Å²) in [5.41, 5.74) is -2.51. The second-order valence-corrected chi connectivity index (χ2v) is 3.53. The van der Waals surface area contributed by atoms with Gasteiger partial charge < -0.3 is 4.74 Å². The summed E-state index contributed by atoms with van der Waals surface area (Å²) < 4.78 is 41.7. The first-order valence-electron chi connectivity index (χ1n) is 4.38. The molecule has 0 aromatic rings. The highest BCUT2D eigenvalue weighted by Crippen LogP contribution is 2.59. The van der Waals surface area contributed by atoms with Crippen LogP contribution >= 0.6 is 0 Å². The first-order chi connectivity index (χ1) is 7.30. The minimum atomic E-state index is -4.72. The zero-order valence-electron chi connectivity index (χ0n) is 8.30. The van der Waals surface area contributed by atoms with Crippen molar-refractivity contribution in [1.82, 2.24) is 0 Å². The molecule has 1 rings (SSSR count). The van der Waals surface area contributed by atoms with Crippen LogP contribution in [-0.4, -0.2) is 25.0 Å². The predicted molar refractivity (Wildman–Crippen MR) is 43.8 cm³/mol.